The van der Waals surface area contributed by atoms with Gasteiger partial charge in [-0.15, -0.1) is 0 Å². The Kier molecular flexibility index (Phi) is 5.30. The highest BCUT2D eigenvalue weighted by Gasteiger charge is 2.30. The van der Waals surface area contributed by atoms with Crippen LogP contribution in [0.3, 0.4) is 0 Å². The highest BCUT2D eigenvalue weighted by Crippen LogP contribution is 2.33. The molecule has 0 bridgehead atoms. The molecule has 17 heavy (non-hydrogen) atoms. The molecule has 0 aromatic heterocycles. The first-order valence-corrected chi connectivity index (χ1v) is 7.71. The van der Waals surface area contributed by atoms with E-state index in [9.17, 15) is 5.11 Å². The summed E-state index contributed by atoms with van der Waals surface area (Å²) in [6.45, 7) is 3.57. The minimum atomic E-state index is 0.338. The zero-order valence-corrected chi connectivity index (χ0v) is 11.4. The second kappa shape index (κ2) is 6.75. The fraction of sp³-hybridized carbons (Fsp3) is 1.00. The lowest BCUT2D eigenvalue weighted by Crippen LogP contribution is -2.45. The molecule has 2 fully saturated rings. The summed E-state index contributed by atoms with van der Waals surface area (Å²) in [4.78, 5) is 2.65. The van der Waals surface area contributed by atoms with Gasteiger partial charge in [0.2, 0.25) is 0 Å². The standard InChI is InChI=1S/C15H29NO/c1-2-13-7-9-15(10-8-13)16(11-12-17)14-5-3-4-6-14/h13-15,17H,2-12H2,1H3. The summed E-state index contributed by atoms with van der Waals surface area (Å²) in [6, 6.07) is 1.55. The highest BCUT2D eigenvalue weighted by molar-refractivity contribution is 4.86. The molecule has 1 N–H and O–H groups in total. The lowest BCUT2D eigenvalue weighted by Gasteiger charge is -2.40. The SMILES string of the molecule is CCC1CCC(N(CCO)C2CCCC2)CC1. The van der Waals surface area contributed by atoms with E-state index in [-0.39, 0.29) is 0 Å². The van der Waals surface area contributed by atoms with E-state index in [0.29, 0.717) is 6.61 Å². The minimum Gasteiger partial charge on any atom is -0.395 e. The zero-order valence-electron chi connectivity index (χ0n) is 11.4. The van der Waals surface area contributed by atoms with Crippen LogP contribution in [0.1, 0.15) is 64.7 Å². The summed E-state index contributed by atoms with van der Waals surface area (Å²) in [5, 5.41) is 9.28. The maximum absolute atomic E-state index is 9.28. The van der Waals surface area contributed by atoms with Crippen LogP contribution in [0.2, 0.25) is 0 Å². The molecular weight excluding hydrogens is 210 g/mol. The van der Waals surface area contributed by atoms with Gasteiger partial charge in [-0.05, 0) is 44.4 Å². The van der Waals surface area contributed by atoms with Crippen LogP contribution in [-0.2, 0) is 0 Å². The third kappa shape index (κ3) is 3.45. The average Bonchev–Trinajstić information content (AvgIpc) is 2.90. The maximum Gasteiger partial charge on any atom is 0.0558 e. The first kappa shape index (κ1) is 13.4. The Bertz CT molecular complexity index is 205. The van der Waals surface area contributed by atoms with E-state index in [0.717, 1.165) is 24.5 Å². The average molecular weight is 239 g/mol. The van der Waals surface area contributed by atoms with Gasteiger partial charge in [-0.25, -0.2) is 0 Å². The van der Waals surface area contributed by atoms with Crippen molar-refractivity contribution in [3.8, 4) is 0 Å². The smallest absolute Gasteiger partial charge is 0.0558 e. The molecule has 0 unspecified atom stereocenters. The van der Waals surface area contributed by atoms with Crippen molar-refractivity contribution in [1.82, 2.24) is 4.90 Å². The van der Waals surface area contributed by atoms with E-state index in [2.05, 4.69) is 11.8 Å². The lowest BCUT2D eigenvalue weighted by molar-refractivity contribution is 0.0719. The molecular formula is C15H29NO. The fourth-order valence-corrected chi connectivity index (χ4v) is 3.90. The maximum atomic E-state index is 9.28. The van der Waals surface area contributed by atoms with Crippen molar-refractivity contribution in [2.75, 3.05) is 13.2 Å². The molecule has 0 heterocycles. The summed E-state index contributed by atoms with van der Waals surface area (Å²) in [6.07, 6.45) is 12.5. The Labute approximate surface area is 106 Å². The molecule has 2 aliphatic rings. The minimum absolute atomic E-state index is 0.338. The predicted octanol–water partition coefficient (Wildman–Crippen LogP) is 3.19. The highest BCUT2D eigenvalue weighted by atomic mass is 16.3. The Balaban J connectivity index is 1.87. The molecule has 0 saturated heterocycles. The molecule has 0 amide bonds. The summed E-state index contributed by atoms with van der Waals surface area (Å²) in [5.74, 6) is 0.978. The second-order valence-corrected chi connectivity index (χ2v) is 5.98. The topological polar surface area (TPSA) is 23.5 Å². The molecule has 2 heteroatoms. The molecule has 0 radical (unpaired) electrons. The van der Waals surface area contributed by atoms with E-state index >= 15 is 0 Å². The van der Waals surface area contributed by atoms with Gasteiger partial charge < -0.3 is 5.11 Å². The molecule has 2 nitrogen and oxygen atoms in total. The Morgan fingerprint density at radius 1 is 0.941 bits per heavy atom. The quantitative estimate of drug-likeness (QED) is 0.796. The summed E-state index contributed by atoms with van der Waals surface area (Å²) in [7, 11) is 0. The van der Waals surface area contributed by atoms with Gasteiger partial charge >= 0.3 is 0 Å². The van der Waals surface area contributed by atoms with Crippen molar-refractivity contribution in [2.24, 2.45) is 5.92 Å². The molecule has 2 rings (SSSR count). The van der Waals surface area contributed by atoms with Crippen molar-refractivity contribution in [3.63, 3.8) is 0 Å². The molecule has 0 atom stereocenters. The number of rotatable bonds is 5. The monoisotopic (exact) mass is 239 g/mol. The van der Waals surface area contributed by atoms with E-state index in [4.69, 9.17) is 0 Å². The number of aliphatic hydroxyl groups is 1. The summed E-state index contributed by atoms with van der Waals surface area (Å²) >= 11 is 0. The van der Waals surface area contributed by atoms with E-state index < -0.39 is 0 Å². The first-order chi connectivity index (χ1) is 8.35. The van der Waals surface area contributed by atoms with Crippen LogP contribution in [0.5, 0.6) is 0 Å². The van der Waals surface area contributed by atoms with Crippen LogP contribution in [-0.4, -0.2) is 35.2 Å². The molecule has 0 aliphatic heterocycles. The Hall–Kier alpha value is -0.0800. The van der Waals surface area contributed by atoms with Gasteiger partial charge in [-0.1, -0.05) is 26.2 Å². The van der Waals surface area contributed by atoms with Gasteiger partial charge in [0, 0.05) is 18.6 Å². The third-order valence-electron chi connectivity index (χ3n) is 5.01. The van der Waals surface area contributed by atoms with Crippen molar-refractivity contribution in [2.45, 2.75) is 76.8 Å². The number of hydrogen-bond acceptors (Lipinski definition) is 2. The van der Waals surface area contributed by atoms with Crippen molar-refractivity contribution in [1.29, 1.82) is 0 Å². The normalized spacial score (nSPS) is 31.2. The van der Waals surface area contributed by atoms with Crippen LogP contribution >= 0.6 is 0 Å². The van der Waals surface area contributed by atoms with Crippen LogP contribution in [0.4, 0.5) is 0 Å². The van der Waals surface area contributed by atoms with E-state index in [1.165, 1.54) is 57.8 Å². The molecule has 0 spiro atoms. The molecule has 0 aromatic rings. The van der Waals surface area contributed by atoms with Crippen LogP contribution in [0.15, 0.2) is 0 Å². The molecule has 2 saturated carbocycles. The fourth-order valence-electron chi connectivity index (χ4n) is 3.90. The van der Waals surface area contributed by atoms with E-state index in [1.807, 2.05) is 0 Å². The van der Waals surface area contributed by atoms with Crippen molar-refractivity contribution in [3.05, 3.63) is 0 Å². The number of hydrogen-bond donors (Lipinski definition) is 1. The van der Waals surface area contributed by atoms with Gasteiger partial charge in [0.05, 0.1) is 6.61 Å². The van der Waals surface area contributed by atoms with E-state index in [1.54, 1.807) is 0 Å². The Morgan fingerprint density at radius 2 is 1.53 bits per heavy atom. The summed E-state index contributed by atoms with van der Waals surface area (Å²) in [5.41, 5.74) is 0. The number of aliphatic hydroxyl groups excluding tert-OH is 1. The third-order valence-corrected chi connectivity index (χ3v) is 5.01. The molecule has 2 aliphatic carbocycles. The van der Waals surface area contributed by atoms with Crippen molar-refractivity contribution < 1.29 is 5.11 Å². The largest absolute Gasteiger partial charge is 0.395 e. The van der Waals surface area contributed by atoms with Gasteiger partial charge in [0.25, 0.3) is 0 Å². The second-order valence-electron chi connectivity index (χ2n) is 5.98. The molecule has 0 aromatic carbocycles. The van der Waals surface area contributed by atoms with Gasteiger partial charge in [0.15, 0.2) is 0 Å². The lowest BCUT2D eigenvalue weighted by atomic mass is 9.83. The van der Waals surface area contributed by atoms with Crippen LogP contribution in [0.25, 0.3) is 0 Å². The van der Waals surface area contributed by atoms with Gasteiger partial charge in [0.1, 0.15) is 0 Å². The Morgan fingerprint density at radius 3 is 2.06 bits per heavy atom. The molecule has 100 valence electrons. The number of nitrogens with zero attached hydrogens (tertiary/aromatic N) is 1. The van der Waals surface area contributed by atoms with Gasteiger partial charge in [-0.2, -0.15) is 0 Å². The van der Waals surface area contributed by atoms with Crippen LogP contribution in [0, 0.1) is 5.92 Å². The summed E-state index contributed by atoms with van der Waals surface area (Å²) < 4.78 is 0. The van der Waals surface area contributed by atoms with Crippen LogP contribution < -0.4 is 0 Å². The van der Waals surface area contributed by atoms with Gasteiger partial charge in [-0.3, -0.25) is 4.90 Å². The predicted molar refractivity (Wildman–Crippen MR) is 72.1 cm³/mol. The zero-order chi connectivity index (χ0) is 12.1. The first-order valence-electron chi connectivity index (χ1n) is 7.71. The van der Waals surface area contributed by atoms with Crippen molar-refractivity contribution >= 4 is 0 Å².